The number of hydrogen-bond acceptors (Lipinski definition) is 3. The first-order chi connectivity index (χ1) is 9.28. The summed E-state index contributed by atoms with van der Waals surface area (Å²) in [5, 5.41) is 9.09. The Hall–Kier alpha value is -1.10. The van der Waals surface area contributed by atoms with Crippen LogP contribution in [0.1, 0.15) is 46.5 Å². The molecule has 1 aliphatic carbocycles. The molecule has 5 nitrogen and oxygen atoms in total. The summed E-state index contributed by atoms with van der Waals surface area (Å²) in [6, 6.07) is 0. The van der Waals surface area contributed by atoms with Gasteiger partial charge in [-0.1, -0.05) is 20.3 Å². The van der Waals surface area contributed by atoms with Crippen LogP contribution in [0.2, 0.25) is 0 Å². The average molecular weight is 283 g/mol. The smallest absolute Gasteiger partial charge is 0.334 e. The SMILES string of the molecule is C[C@@H]1CN(C(=O)C2CCCC(C)(C)C2)CC(C(=O)O)O1. The van der Waals surface area contributed by atoms with Gasteiger partial charge in [-0.25, -0.2) is 4.79 Å². The number of carbonyl (C=O) groups is 2. The van der Waals surface area contributed by atoms with E-state index >= 15 is 0 Å². The summed E-state index contributed by atoms with van der Waals surface area (Å²) < 4.78 is 5.36. The summed E-state index contributed by atoms with van der Waals surface area (Å²) in [4.78, 5) is 25.4. The van der Waals surface area contributed by atoms with Crippen molar-refractivity contribution in [3.8, 4) is 0 Å². The van der Waals surface area contributed by atoms with Gasteiger partial charge < -0.3 is 14.7 Å². The lowest BCUT2D eigenvalue weighted by Gasteiger charge is -2.40. The quantitative estimate of drug-likeness (QED) is 0.840. The third-order valence-corrected chi connectivity index (χ3v) is 4.40. The number of carboxylic acid groups (broad SMARTS) is 1. The van der Waals surface area contributed by atoms with Crippen molar-refractivity contribution < 1.29 is 19.4 Å². The van der Waals surface area contributed by atoms with Gasteiger partial charge in [0.2, 0.25) is 5.91 Å². The van der Waals surface area contributed by atoms with Crippen LogP contribution < -0.4 is 0 Å². The van der Waals surface area contributed by atoms with E-state index in [0.717, 1.165) is 25.7 Å². The predicted molar refractivity (Wildman–Crippen MR) is 74.3 cm³/mol. The molecule has 2 unspecified atom stereocenters. The molecule has 1 heterocycles. The third-order valence-electron chi connectivity index (χ3n) is 4.40. The Morgan fingerprint density at radius 2 is 2.00 bits per heavy atom. The van der Waals surface area contributed by atoms with Gasteiger partial charge in [0.25, 0.3) is 0 Å². The molecule has 0 aromatic heterocycles. The van der Waals surface area contributed by atoms with Crippen molar-refractivity contribution in [1.82, 2.24) is 4.90 Å². The second kappa shape index (κ2) is 5.72. The van der Waals surface area contributed by atoms with Crippen molar-refractivity contribution in [2.24, 2.45) is 11.3 Å². The van der Waals surface area contributed by atoms with Gasteiger partial charge in [0.05, 0.1) is 12.6 Å². The molecular formula is C15H25NO4. The van der Waals surface area contributed by atoms with Crippen LogP contribution in [0.5, 0.6) is 0 Å². The fourth-order valence-electron chi connectivity index (χ4n) is 3.43. The second-order valence-electron chi connectivity index (χ2n) is 6.97. The highest BCUT2D eigenvalue weighted by atomic mass is 16.5. The summed E-state index contributed by atoms with van der Waals surface area (Å²) >= 11 is 0. The van der Waals surface area contributed by atoms with E-state index < -0.39 is 12.1 Å². The van der Waals surface area contributed by atoms with Crippen LogP contribution in [-0.4, -0.2) is 47.2 Å². The van der Waals surface area contributed by atoms with E-state index in [1.165, 1.54) is 0 Å². The number of rotatable bonds is 2. The van der Waals surface area contributed by atoms with Crippen molar-refractivity contribution in [2.45, 2.75) is 58.7 Å². The number of morpholine rings is 1. The van der Waals surface area contributed by atoms with Crippen molar-refractivity contribution in [3.05, 3.63) is 0 Å². The van der Waals surface area contributed by atoms with Crippen molar-refractivity contribution in [3.63, 3.8) is 0 Å². The molecule has 0 bridgehead atoms. The first-order valence-corrected chi connectivity index (χ1v) is 7.45. The Balaban J connectivity index is 2.02. The van der Waals surface area contributed by atoms with Crippen molar-refractivity contribution in [1.29, 1.82) is 0 Å². The van der Waals surface area contributed by atoms with E-state index in [1.807, 2.05) is 6.92 Å². The average Bonchev–Trinajstić information content (AvgIpc) is 2.35. The van der Waals surface area contributed by atoms with Crippen LogP contribution in [0.3, 0.4) is 0 Å². The van der Waals surface area contributed by atoms with Gasteiger partial charge in [-0.15, -0.1) is 0 Å². The highest BCUT2D eigenvalue weighted by molar-refractivity contribution is 5.80. The number of amides is 1. The maximum Gasteiger partial charge on any atom is 0.334 e. The number of hydrogen-bond donors (Lipinski definition) is 1. The van der Waals surface area contributed by atoms with Crippen molar-refractivity contribution >= 4 is 11.9 Å². The maximum absolute atomic E-state index is 12.6. The molecule has 2 fully saturated rings. The van der Waals surface area contributed by atoms with Crippen LogP contribution in [0.15, 0.2) is 0 Å². The molecular weight excluding hydrogens is 258 g/mol. The molecule has 3 atom stereocenters. The number of ether oxygens (including phenoxy) is 1. The van der Waals surface area contributed by atoms with E-state index in [9.17, 15) is 9.59 Å². The summed E-state index contributed by atoms with van der Waals surface area (Å²) in [7, 11) is 0. The van der Waals surface area contributed by atoms with Gasteiger partial charge in [-0.05, 0) is 31.6 Å². The van der Waals surface area contributed by atoms with Crippen molar-refractivity contribution in [2.75, 3.05) is 13.1 Å². The van der Waals surface area contributed by atoms with E-state index in [2.05, 4.69) is 13.8 Å². The second-order valence-corrected chi connectivity index (χ2v) is 6.97. The minimum absolute atomic E-state index is 0.0403. The fourth-order valence-corrected chi connectivity index (χ4v) is 3.43. The van der Waals surface area contributed by atoms with Gasteiger partial charge in [-0.2, -0.15) is 0 Å². The van der Waals surface area contributed by atoms with E-state index in [1.54, 1.807) is 4.90 Å². The molecule has 0 spiro atoms. The molecule has 5 heteroatoms. The Morgan fingerprint density at radius 3 is 2.60 bits per heavy atom. The van der Waals surface area contributed by atoms with Gasteiger partial charge in [0.1, 0.15) is 0 Å². The van der Waals surface area contributed by atoms with E-state index in [0.29, 0.717) is 6.54 Å². The maximum atomic E-state index is 12.6. The van der Waals surface area contributed by atoms with Gasteiger partial charge in [0, 0.05) is 12.5 Å². The number of carboxylic acids is 1. The molecule has 1 N–H and O–H groups in total. The normalized spacial score (nSPS) is 33.8. The van der Waals surface area contributed by atoms with Crippen LogP contribution in [0.25, 0.3) is 0 Å². The number of aliphatic carboxylic acids is 1. The molecule has 1 amide bonds. The lowest BCUT2D eigenvalue weighted by molar-refractivity contribution is -0.168. The Kier molecular flexibility index (Phi) is 4.37. The summed E-state index contributed by atoms with van der Waals surface area (Å²) in [6.45, 7) is 6.90. The molecule has 20 heavy (non-hydrogen) atoms. The first-order valence-electron chi connectivity index (χ1n) is 7.45. The molecule has 1 saturated carbocycles. The zero-order valence-electron chi connectivity index (χ0n) is 12.6. The molecule has 1 aliphatic heterocycles. The summed E-state index contributed by atoms with van der Waals surface area (Å²) in [6.07, 6.45) is 2.95. The first kappa shape index (κ1) is 15.3. The lowest BCUT2D eigenvalue weighted by Crippen LogP contribution is -2.53. The molecule has 2 aliphatic rings. The van der Waals surface area contributed by atoms with Crippen LogP contribution in [0.4, 0.5) is 0 Å². The zero-order valence-corrected chi connectivity index (χ0v) is 12.6. The summed E-state index contributed by atoms with van der Waals surface area (Å²) in [5.41, 5.74) is 0.211. The van der Waals surface area contributed by atoms with E-state index in [-0.39, 0.29) is 29.9 Å². The minimum Gasteiger partial charge on any atom is -0.479 e. The van der Waals surface area contributed by atoms with Gasteiger partial charge in [-0.3, -0.25) is 4.79 Å². The third kappa shape index (κ3) is 3.51. The lowest BCUT2D eigenvalue weighted by atomic mass is 9.72. The molecule has 2 rings (SSSR count). The Labute approximate surface area is 120 Å². The Morgan fingerprint density at radius 1 is 1.30 bits per heavy atom. The minimum atomic E-state index is -0.988. The Bertz CT molecular complexity index is 393. The largest absolute Gasteiger partial charge is 0.479 e. The highest BCUT2D eigenvalue weighted by Gasteiger charge is 2.38. The van der Waals surface area contributed by atoms with Crippen LogP contribution >= 0.6 is 0 Å². The zero-order chi connectivity index (χ0) is 14.9. The van der Waals surface area contributed by atoms with Crippen LogP contribution in [-0.2, 0) is 14.3 Å². The standard InChI is InChI=1S/C15H25NO4/c1-10-8-16(9-12(20-10)14(18)19)13(17)11-5-4-6-15(2,3)7-11/h10-12H,4-9H2,1-3H3,(H,18,19)/t10-,11?,12?/m1/s1. The van der Waals surface area contributed by atoms with Crippen LogP contribution in [0, 0.1) is 11.3 Å². The monoisotopic (exact) mass is 283 g/mol. The molecule has 114 valence electrons. The number of nitrogens with zero attached hydrogens (tertiary/aromatic N) is 1. The fraction of sp³-hybridized carbons (Fsp3) is 0.867. The van der Waals surface area contributed by atoms with E-state index in [4.69, 9.17) is 9.84 Å². The molecule has 0 radical (unpaired) electrons. The highest BCUT2D eigenvalue weighted by Crippen LogP contribution is 2.39. The molecule has 1 saturated heterocycles. The predicted octanol–water partition coefficient (Wildman–Crippen LogP) is 1.90. The van der Waals surface area contributed by atoms with Gasteiger partial charge >= 0.3 is 5.97 Å². The summed E-state index contributed by atoms with van der Waals surface area (Å²) in [5.74, 6) is -0.837. The number of carbonyl (C=O) groups excluding carboxylic acids is 1. The molecule has 0 aromatic rings. The topological polar surface area (TPSA) is 66.8 Å². The molecule has 0 aromatic carbocycles. The van der Waals surface area contributed by atoms with Gasteiger partial charge in [0.15, 0.2) is 6.10 Å².